The van der Waals surface area contributed by atoms with E-state index < -0.39 is 0 Å². The van der Waals surface area contributed by atoms with Gasteiger partial charge in [-0.25, -0.2) is 0 Å². The molecule has 152 valence electrons. The molecule has 0 aliphatic heterocycles. The van der Waals surface area contributed by atoms with Gasteiger partial charge in [0.05, 0.1) is 0 Å². The fourth-order valence-electron chi connectivity index (χ4n) is 3.15. The molecule has 0 aromatic heterocycles. The van der Waals surface area contributed by atoms with Gasteiger partial charge >= 0.3 is 11.9 Å². The van der Waals surface area contributed by atoms with Gasteiger partial charge in [0.2, 0.25) is 0 Å². The van der Waals surface area contributed by atoms with Crippen molar-refractivity contribution in [3.05, 3.63) is 48.0 Å². The molecule has 0 saturated heterocycles. The molecule has 2 aromatic rings. The normalized spacial score (nSPS) is 11.9. The molecule has 0 heterocycles. The van der Waals surface area contributed by atoms with Crippen LogP contribution in [0.2, 0.25) is 0 Å². The Hall–Kier alpha value is -2.36. The van der Waals surface area contributed by atoms with Crippen LogP contribution < -0.4 is 0 Å². The first kappa shape index (κ1) is 21.9. The van der Waals surface area contributed by atoms with Gasteiger partial charge in [-0.15, -0.1) is 0 Å². The first-order chi connectivity index (χ1) is 13.6. The summed E-state index contributed by atoms with van der Waals surface area (Å²) in [5, 5.41) is 2.29. The van der Waals surface area contributed by atoms with Crippen molar-refractivity contribution in [3.8, 4) is 0 Å². The van der Waals surface area contributed by atoms with Crippen molar-refractivity contribution in [2.45, 2.75) is 77.9 Å². The number of unbranched alkanes of at least 4 members (excludes halogenated alkanes) is 2. The van der Waals surface area contributed by atoms with Crippen LogP contribution >= 0.6 is 0 Å². The highest BCUT2D eigenvalue weighted by molar-refractivity contribution is 5.83. The predicted octanol–water partition coefficient (Wildman–Crippen LogP) is 5.96. The Morgan fingerprint density at radius 3 is 2.39 bits per heavy atom. The second kappa shape index (κ2) is 12.2. The average Bonchev–Trinajstić information content (AvgIpc) is 2.71. The Balaban J connectivity index is 1.65. The minimum atomic E-state index is -0.282. The van der Waals surface area contributed by atoms with Crippen LogP contribution in [0.4, 0.5) is 0 Å². The lowest BCUT2D eigenvalue weighted by molar-refractivity contribution is -0.150. The Kier molecular flexibility index (Phi) is 9.53. The maximum atomic E-state index is 12.0. The average molecular weight is 385 g/mol. The summed E-state index contributed by atoms with van der Waals surface area (Å²) in [6.07, 6.45) is 6.11. The van der Waals surface area contributed by atoms with Crippen LogP contribution in [0, 0.1) is 0 Å². The molecule has 4 nitrogen and oxygen atoms in total. The molecular weight excluding hydrogens is 352 g/mol. The summed E-state index contributed by atoms with van der Waals surface area (Å²) in [7, 11) is 0. The molecule has 28 heavy (non-hydrogen) atoms. The quantitative estimate of drug-likeness (QED) is 0.335. The highest BCUT2D eigenvalue weighted by Crippen LogP contribution is 2.16. The lowest BCUT2D eigenvalue weighted by atomic mass is 10.1. The fourth-order valence-corrected chi connectivity index (χ4v) is 3.15. The number of hydrogen-bond acceptors (Lipinski definition) is 4. The minimum absolute atomic E-state index is 0.00101. The third-order valence-corrected chi connectivity index (χ3v) is 4.86. The van der Waals surface area contributed by atoms with E-state index in [9.17, 15) is 9.59 Å². The van der Waals surface area contributed by atoms with Crippen LogP contribution in [0.5, 0.6) is 0 Å². The van der Waals surface area contributed by atoms with Crippen LogP contribution in [0.1, 0.15) is 70.8 Å². The summed E-state index contributed by atoms with van der Waals surface area (Å²) < 4.78 is 10.8. The molecule has 0 N–H and O–H groups in total. The zero-order valence-corrected chi connectivity index (χ0v) is 17.1. The van der Waals surface area contributed by atoms with Crippen molar-refractivity contribution in [2.24, 2.45) is 0 Å². The van der Waals surface area contributed by atoms with Crippen molar-refractivity contribution in [2.75, 3.05) is 0 Å². The van der Waals surface area contributed by atoms with E-state index in [1.807, 2.05) is 43.3 Å². The summed E-state index contributed by atoms with van der Waals surface area (Å²) in [6.45, 7) is 4.45. The van der Waals surface area contributed by atoms with Crippen LogP contribution in [0.25, 0.3) is 10.8 Å². The molecule has 0 fully saturated rings. The molecule has 0 bridgehead atoms. The molecule has 2 aromatic carbocycles. The SMILES string of the molecule is CCCCCC(CC)OC(=O)CCCC(=O)OCc1ccc2ccccc2c1. The smallest absolute Gasteiger partial charge is 0.306 e. The summed E-state index contributed by atoms with van der Waals surface area (Å²) in [4.78, 5) is 23.9. The maximum absolute atomic E-state index is 12.0. The van der Waals surface area contributed by atoms with Gasteiger partial charge in [0, 0.05) is 12.8 Å². The summed E-state index contributed by atoms with van der Waals surface area (Å²) in [5.74, 6) is -0.498. The molecule has 0 aliphatic carbocycles. The topological polar surface area (TPSA) is 52.6 Å². The molecule has 2 rings (SSSR count). The second-order valence-electron chi connectivity index (χ2n) is 7.21. The number of carbonyl (C=O) groups is 2. The van der Waals surface area contributed by atoms with Gasteiger partial charge in [0.1, 0.15) is 12.7 Å². The Bertz CT molecular complexity index is 753. The van der Waals surface area contributed by atoms with E-state index in [0.29, 0.717) is 6.42 Å². The van der Waals surface area contributed by atoms with E-state index in [-0.39, 0.29) is 37.5 Å². The molecule has 1 unspecified atom stereocenters. The van der Waals surface area contributed by atoms with Gasteiger partial charge in [-0.3, -0.25) is 9.59 Å². The van der Waals surface area contributed by atoms with Gasteiger partial charge in [0.25, 0.3) is 0 Å². The van der Waals surface area contributed by atoms with Crippen molar-refractivity contribution < 1.29 is 19.1 Å². The summed E-state index contributed by atoms with van der Waals surface area (Å²) in [5.41, 5.74) is 0.962. The molecule has 0 amide bonds. The van der Waals surface area contributed by atoms with E-state index in [4.69, 9.17) is 9.47 Å². The first-order valence-electron chi connectivity index (χ1n) is 10.4. The van der Waals surface area contributed by atoms with Crippen LogP contribution in [-0.2, 0) is 25.7 Å². The first-order valence-corrected chi connectivity index (χ1v) is 10.4. The molecule has 0 spiro atoms. The lowest BCUT2D eigenvalue weighted by Crippen LogP contribution is -2.17. The van der Waals surface area contributed by atoms with E-state index in [2.05, 4.69) is 13.0 Å². The molecule has 0 radical (unpaired) electrons. The minimum Gasteiger partial charge on any atom is -0.462 e. The Labute approximate surface area is 168 Å². The summed E-state index contributed by atoms with van der Waals surface area (Å²) >= 11 is 0. The zero-order chi connectivity index (χ0) is 20.2. The van der Waals surface area contributed by atoms with Gasteiger partial charge in [-0.2, -0.15) is 0 Å². The molecule has 0 aliphatic rings. The third kappa shape index (κ3) is 7.71. The fraction of sp³-hybridized carbons (Fsp3) is 0.500. The van der Waals surface area contributed by atoms with Crippen molar-refractivity contribution in [3.63, 3.8) is 0 Å². The van der Waals surface area contributed by atoms with Gasteiger partial charge in [-0.05, 0) is 48.1 Å². The van der Waals surface area contributed by atoms with Crippen molar-refractivity contribution in [1.82, 2.24) is 0 Å². The highest BCUT2D eigenvalue weighted by Gasteiger charge is 2.13. The largest absolute Gasteiger partial charge is 0.462 e. The zero-order valence-electron chi connectivity index (χ0n) is 17.1. The Morgan fingerprint density at radius 2 is 1.64 bits per heavy atom. The van der Waals surface area contributed by atoms with Gasteiger partial charge < -0.3 is 9.47 Å². The van der Waals surface area contributed by atoms with E-state index in [1.54, 1.807) is 0 Å². The van der Waals surface area contributed by atoms with Crippen molar-refractivity contribution >= 4 is 22.7 Å². The number of esters is 2. The highest BCUT2D eigenvalue weighted by atomic mass is 16.5. The number of ether oxygens (including phenoxy) is 2. The number of rotatable bonds is 12. The van der Waals surface area contributed by atoms with Crippen LogP contribution in [-0.4, -0.2) is 18.0 Å². The molecule has 4 heteroatoms. The van der Waals surface area contributed by atoms with Crippen LogP contribution in [0.15, 0.2) is 42.5 Å². The Morgan fingerprint density at radius 1 is 0.893 bits per heavy atom. The number of benzene rings is 2. The summed E-state index contributed by atoms with van der Waals surface area (Å²) in [6, 6.07) is 14.1. The molecular formula is C24H32O4. The molecule has 0 saturated carbocycles. The van der Waals surface area contributed by atoms with E-state index in [1.165, 1.54) is 0 Å². The van der Waals surface area contributed by atoms with Crippen molar-refractivity contribution in [1.29, 1.82) is 0 Å². The van der Waals surface area contributed by atoms with Gasteiger partial charge in [-0.1, -0.05) is 63.1 Å². The molecule has 1 atom stereocenters. The number of fused-ring (bicyclic) bond motifs is 1. The third-order valence-electron chi connectivity index (χ3n) is 4.86. The number of hydrogen-bond donors (Lipinski definition) is 0. The van der Waals surface area contributed by atoms with E-state index >= 15 is 0 Å². The number of carbonyl (C=O) groups excluding carboxylic acids is 2. The predicted molar refractivity (Wildman–Crippen MR) is 112 cm³/mol. The standard InChI is InChI=1S/C24H32O4/c1-3-5-6-12-22(4-2)28-24(26)14-9-13-23(25)27-18-19-15-16-20-10-7-8-11-21(20)17-19/h7-8,10-11,15-17,22H,3-6,9,12-14,18H2,1-2H3. The monoisotopic (exact) mass is 384 g/mol. The maximum Gasteiger partial charge on any atom is 0.306 e. The second-order valence-corrected chi connectivity index (χ2v) is 7.21. The lowest BCUT2D eigenvalue weighted by Gasteiger charge is -2.16. The van der Waals surface area contributed by atoms with Gasteiger partial charge in [0.15, 0.2) is 0 Å². The van der Waals surface area contributed by atoms with Crippen LogP contribution in [0.3, 0.4) is 0 Å². The van der Waals surface area contributed by atoms with E-state index in [0.717, 1.165) is 48.4 Å².